The van der Waals surface area contributed by atoms with Crippen molar-refractivity contribution in [2.45, 2.75) is 23.8 Å². The lowest BCUT2D eigenvalue weighted by Crippen LogP contribution is -2.25. The van der Waals surface area contributed by atoms with Gasteiger partial charge in [0.25, 0.3) is 0 Å². The van der Waals surface area contributed by atoms with E-state index in [-0.39, 0.29) is 10.9 Å². The van der Waals surface area contributed by atoms with Gasteiger partial charge in [-0.1, -0.05) is 6.08 Å². The van der Waals surface area contributed by atoms with E-state index >= 15 is 0 Å². The summed E-state index contributed by atoms with van der Waals surface area (Å²) in [6.45, 7) is 0. The minimum absolute atomic E-state index is 0.0146. The van der Waals surface area contributed by atoms with Gasteiger partial charge in [-0.05, 0) is 43.2 Å². The summed E-state index contributed by atoms with van der Waals surface area (Å²) >= 11 is 0. The summed E-state index contributed by atoms with van der Waals surface area (Å²) in [7, 11) is -2.06. The molecular weight excluding hydrogens is 402 g/mol. The van der Waals surface area contributed by atoms with Crippen LogP contribution in [-0.4, -0.2) is 36.1 Å². The second-order valence-corrected chi connectivity index (χ2v) is 8.86. The highest BCUT2D eigenvalue weighted by Gasteiger charge is 2.29. The van der Waals surface area contributed by atoms with Crippen LogP contribution in [0.2, 0.25) is 0 Å². The first-order valence-electron chi connectivity index (χ1n) is 9.38. The van der Waals surface area contributed by atoms with Gasteiger partial charge in [0.15, 0.2) is 0 Å². The quantitative estimate of drug-likeness (QED) is 0.658. The molecule has 0 atom stereocenters. The van der Waals surface area contributed by atoms with Crippen molar-refractivity contribution in [2.24, 2.45) is 0 Å². The van der Waals surface area contributed by atoms with E-state index in [9.17, 15) is 13.7 Å². The van der Waals surface area contributed by atoms with E-state index in [0.717, 1.165) is 18.5 Å². The zero-order valence-electron chi connectivity index (χ0n) is 16.0. The fourth-order valence-electron chi connectivity index (χ4n) is 3.36. The molecule has 8 nitrogen and oxygen atoms in total. The van der Waals surface area contributed by atoms with Gasteiger partial charge in [-0.25, -0.2) is 18.1 Å². The fraction of sp³-hybridized carbons (Fsp3) is 0.190. The summed E-state index contributed by atoms with van der Waals surface area (Å²) < 4.78 is 34.7. The Hall–Kier alpha value is -3.48. The van der Waals surface area contributed by atoms with Gasteiger partial charge in [0.05, 0.1) is 30.3 Å². The molecule has 5 rings (SSSR count). The number of hydrogen-bond donors (Lipinski definition) is 1. The maximum atomic E-state index is 12.4. The molecule has 1 saturated carbocycles. The Morgan fingerprint density at radius 1 is 1.27 bits per heavy atom. The number of rotatable bonds is 6. The van der Waals surface area contributed by atoms with Gasteiger partial charge in [-0.3, -0.25) is 9.55 Å². The van der Waals surface area contributed by atoms with Gasteiger partial charge in [-0.15, -0.1) is 0 Å². The van der Waals surface area contributed by atoms with Crippen molar-refractivity contribution < 1.29 is 13.2 Å². The molecule has 30 heavy (non-hydrogen) atoms. The smallest absolute Gasteiger partial charge is 0.242 e. The molecule has 0 aromatic carbocycles. The first-order chi connectivity index (χ1) is 14.5. The third-order valence-electron chi connectivity index (χ3n) is 5.11. The zero-order chi connectivity index (χ0) is 20.9. The Kier molecular flexibility index (Phi) is 4.20. The molecule has 1 fully saturated rings. The van der Waals surface area contributed by atoms with Crippen molar-refractivity contribution in [3.63, 3.8) is 0 Å². The van der Waals surface area contributed by atoms with E-state index in [1.807, 2.05) is 22.8 Å². The predicted molar refractivity (Wildman–Crippen MR) is 111 cm³/mol. The minimum Gasteiger partial charge on any atom is -0.495 e. The van der Waals surface area contributed by atoms with E-state index in [4.69, 9.17) is 4.74 Å². The molecule has 3 aromatic rings. The standard InChI is InChI=1S/C21H17N5O3S/c1-29-15-9-17-18(10-22)20(26(14-3-2-4-14)21(17)24-11-15)19-8-7-16(12-23-19)30(27,28)25-13-5-6-13/h2-4,7-9,11-13,25H,5-6H2,1H3. The molecular formula is C21H17N5O3S. The molecule has 3 aromatic heterocycles. The SMILES string of the molecule is COc1cnc2c(c1)c(C#N)c(-c1ccc(S(=O)(=O)NC3CC3)cn1)n2C1=CC=C1. The van der Waals surface area contributed by atoms with Crippen LogP contribution < -0.4 is 9.46 Å². The maximum Gasteiger partial charge on any atom is 0.242 e. The number of nitriles is 1. The summed E-state index contributed by atoms with van der Waals surface area (Å²) in [5, 5.41) is 10.6. The van der Waals surface area contributed by atoms with Crippen LogP contribution in [0.15, 0.2) is 53.7 Å². The van der Waals surface area contributed by atoms with Crippen LogP contribution in [0.25, 0.3) is 28.1 Å². The van der Waals surface area contributed by atoms with Crippen LogP contribution in [0.5, 0.6) is 5.75 Å². The Bertz CT molecular complexity index is 1370. The van der Waals surface area contributed by atoms with E-state index in [0.29, 0.717) is 33.7 Å². The van der Waals surface area contributed by atoms with Gasteiger partial charge >= 0.3 is 0 Å². The molecule has 0 radical (unpaired) electrons. The Balaban J connectivity index is 1.67. The van der Waals surface area contributed by atoms with Crippen molar-refractivity contribution in [2.75, 3.05) is 7.11 Å². The van der Waals surface area contributed by atoms with Crippen molar-refractivity contribution in [3.05, 3.63) is 54.4 Å². The molecule has 0 spiro atoms. The molecule has 0 aliphatic heterocycles. The van der Waals surface area contributed by atoms with Gasteiger partial charge in [-0.2, -0.15) is 5.26 Å². The van der Waals surface area contributed by atoms with Crippen LogP contribution in [0, 0.1) is 11.3 Å². The van der Waals surface area contributed by atoms with Crippen LogP contribution in [0.3, 0.4) is 0 Å². The average Bonchev–Trinajstić information content (AvgIpc) is 3.46. The van der Waals surface area contributed by atoms with Gasteiger partial charge < -0.3 is 4.74 Å². The number of allylic oxidation sites excluding steroid dienone is 4. The molecule has 1 N–H and O–H groups in total. The summed E-state index contributed by atoms with van der Waals surface area (Å²) in [6, 6.07) is 7.16. The second kappa shape index (κ2) is 6.79. The third kappa shape index (κ3) is 2.98. The van der Waals surface area contributed by atoms with Gasteiger partial charge in [0.2, 0.25) is 10.0 Å². The highest BCUT2D eigenvalue weighted by Crippen LogP contribution is 2.37. The number of hydrogen-bond acceptors (Lipinski definition) is 6. The number of methoxy groups -OCH3 is 1. The van der Waals surface area contributed by atoms with E-state index < -0.39 is 10.0 Å². The number of nitrogens with one attached hydrogen (secondary N) is 1. The topological polar surface area (TPSA) is 110 Å². The summed E-state index contributed by atoms with van der Waals surface area (Å²) in [6.07, 6.45) is 10.3. The summed E-state index contributed by atoms with van der Waals surface area (Å²) in [4.78, 5) is 8.97. The molecule has 0 unspecified atom stereocenters. The van der Waals surface area contributed by atoms with E-state index in [2.05, 4.69) is 20.8 Å². The minimum atomic E-state index is -3.60. The van der Waals surface area contributed by atoms with E-state index in [1.54, 1.807) is 25.4 Å². The van der Waals surface area contributed by atoms with Crippen LogP contribution in [0.4, 0.5) is 0 Å². The normalized spacial score (nSPS) is 15.5. The van der Waals surface area contributed by atoms with E-state index in [1.165, 1.54) is 12.3 Å². The Labute approximate surface area is 173 Å². The average molecular weight is 419 g/mol. The molecule has 150 valence electrons. The number of sulfonamides is 1. The Morgan fingerprint density at radius 2 is 2.07 bits per heavy atom. The predicted octanol–water partition coefficient (Wildman–Crippen LogP) is 2.83. The second-order valence-electron chi connectivity index (χ2n) is 7.14. The molecule has 0 amide bonds. The summed E-state index contributed by atoms with van der Waals surface area (Å²) in [5.41, 5.74) is 2.91. The van der Waals surface area contributed by atoms with Gasteiger partial charge in [0.1, 0.15) is 22.4 Å². The first kappa shape index (κ1) is 18.5. The molecule has 2 aliphatic carbocycles. The van der Waals surface area contributed by atoms with Crippen molar-refractivity contribution in [3.8, 4) is 23.2 Å². The fourth-order valence-corrected chi connectivity index (χ4v) is 4.61. The summed E-state index contributed by atoms with van der Waals surface area (Å²) in [5.74, 6) is 0.543. The zero-order valence-corrected chi connectivity index (χ0v) is 16.8. The van der Waals surface area contributed by atoms with Gasteiger partial charge in [0, 0.05) is 23.3 Å². The molecule has 9 heteroatoms. The van der Waals surface area contributed by atoms with Crippen LogP contribution in [0.1, 0.15) is 18.4 Å². The first-order valence-corrected chi connectivity index (χ1v) is 10.9. The molecule has 3 heterocycles. The van der Waals surface area contributed by atoms with Crippen LogP contribution >= 0.6 is 0 Å². The lowest BCUT2D eigenvalue weighted by Gasteiger charge is -2.14. The number of nitrogens with zero attached hydrogens (tertiary/aromatic N) is 4. The number of ether oxygens (including phenoxy) is 1. The largest absolute Gasteiger partial charge is 0.495 e. The lowest BCUT2D eigenvalue weighted by atomic mass is 10.1. The lowest BCUT2D eigenvalue weighted by molar-refractivity contribution is 0.413. The van der Waals surface area contributed by atoms with Crippen LogP contribution in [-0.2, 0) is 10.0 Å². The molecule has 0 saturated heterocycles. The maximum absolute atomic E-state index is 12.4. The number of aromatic nitrogens is 3. The number of pyridine rings is 2. The molecule has 2 aliphatic rings. The van der Waals surface area contributed by atoms with Crippen molar-refractivity contribution >= 4 is 26.8 Å². The number of fused-ring (bicyclic) bond motifs is 1. The third-order valence-corrected chi connectivity index (χ3v) is 6.62. The Morgan fingerprint density at radius 3 is 2.63 bits per heavy atom. The monoisotopic (exact) mass is 419 g/mol. The molecule has 0 bridgehead atoms. The highest BCUT2D eigenvalue weighted by molar-refractivity contribution is 7.89. The van der Waals surface area contributed by atoms with Crippen molar-refractivity contribution in [1.29, 1.82) is 5.26 Å². The van der Waals surface area contributed by atoms with Crippen molar-refractivity contribution in [1.82, 2.24) is 19.3 Å². The highest BCUT2D eigenvalue weighted by atomic mass is 32.2.